The predicted octanol–water partition coefficient (Wildman–Crippen LogP) is 4.05. The summed E-state index contributed by atoms with van der Waals surface area (Å²) >= 11 is 0. The van der Waals surface area contributed by atoms with Crippen LogP contribution < -0.4 is 4.90 Å². The van der Waals surface area contributed by atoms with Crippen LogP contribution >= 0.6 is 0 Å². The third-order valence-corrected chi connectivity index (χ3v) is 6.69. The summed E-state index contributed by atoms with van der Waals surface area (Å²) in [4.78, 5) is 31.0. The normalized spacial score (nSPS) is 22.2. The first-order valence-electron chi connectivity index (χ1n) is 10.8. The summed E-state index contributed by atoms with van der Waals surface area (Å²) in [6, 6.07) is 11.7. The van der Waals surface area contributed by atoms with Crippen LogP contribution in [0.4, 0.5) is 5.82 Å². The predicted molar refractivity (Wildman–Crippen MR) is 118 cm³/mol. The number of aliphatic carboxylic acids is 1. The Bertz CT molecular complexity index is 1230. The standard InChI is InChI=1S/C24H25N5O3/c1-14(2)29-13-25-27-21(29)19-5-4-6-20(26-19)28-12-16-8-7-15(9-18(16)22(28)30)17-10-24(3,11-17)23(31)32/h4-9,13-14,17H,10-12H2,1-3H3,(H,31,32). The molecule has 1 aromatic carbocycles. The number of anilines is 1. The third-order valence-electron chi connectivity index (χ3n) is 6.69. The zero-order valence-electron chi connectivity index (χ0n) is 18.3. The number of carboxylic acid groups (broad SMARTS) is 1. The molecule has 32 heavy (non-hydrogen) atoms. The largest absolute Gasteiger partial charge is 0.481 e. The SMILES string of the molecule is CC(C)n1cnnc1-c1cccc(N2Cc3ccc(C4CC(C)(C(=O)O)C4)cc3C2=O)n1. The van der Waals surface area contributed by atoms with E-state index in [0.717, 1.165) is 11.1 Å². The Morgan fingerprint density at radius 1 is 1.22 bits per heavy atom. The van der Waals surface area contributed by atoms with Crippen LogP contribution in [0.2, 0.25) is 0 Å². The highest BCUT2D eigenvalue weighted by molar-refractivity contribution is 6.09. The highest BCUT2D eigenvalue weighted by Crippen LogP contribution is 2.51. The van der Waals surface area contributed by atoms with E-state index in [1.54, 1.807) is 18.2 Å². The van der Waals surface area contributed by atoms with Gasteiger partial charge >= 0.3 is 5.97 Å². The van der Waals surface area contributed by atoms with Crippen LogP contribution in [0.3, 0.4) is 0 Å². The lowest BCUT2D eigenvalue weighted by Gasteiger charge is -2.42. The van der Waals surface area contributed by atoms with Crippen molar-refractivity contribution in [1.29, 1.82) is 0 Å². The molecular formula is C24H25N5O3. The molecule has 1 fully saturated rings. The minimum Gasteiger partial charge on any atom is -0.481 e. The maximum Gasteiger partial charge on any atom is 0.309 e. The van der Waals surface area contributed by atoms with Crippen molar-refractivity contribution in [1.82, 2.24) is 19.7 Å². The Kier molecular flexibility index (Phi) is 4.62. The molecule has 0 unspecified atom stereocenters. The Labute approximate surface area is 185 Å². The van der Waals surface area contributed by atoms with Gasteiger partial charge in [0.1, 0.15) is 17.8 Å². The Morgan fingerprint density at radius 2 is 2.00 bits per heavy atom. The molecule has 8 heteroatoms. The fourth-order valence-electron chi connectivity index (χ4n) is 4.70. The van der Waals surface area contributed by atoms with Crippen molar-refractivity contribution in [2.45, 2.75) is 52.1 Å². The molecule has 2 aliphatic rings. The van der Waals surface area contributed by atoms with Gasteiger partial charge in [0.15, 0.2) is 5.82 Å². The maximum absolute atomic E-state index is 13.2. The zero-order chi connectivity index (χ0) is 22.6. The molecule has 1 aliphatic heterocycles. The monoisotopic (exact) mass is 431 g/mol. The molecule has 1 aliphatic carbocycles. The van der Waals surface area contributed by atoms with Gasteiger partial charge in [0, 0.05) is 11.6 Å². The van der Waals surface area contributed by atoms with Gasteiger partial charge in [0.2, 0.25) is 0 Å². The maximum atomic E-state index is 13.2. The Hall–Kier alpha value is -3.55. The third kappa shape index (κ3) is 3.18. The van der Waals surface area contributed by atoms with E-state index in [1.807, 2.05) is 41.0 Å². The first-order chi connectivity index (χ1) is 15.3. The molecule has 2 aromatic heterocycles. The second kappa shape index (κ2) is 7.25. The molecular weight excluding hydrogens is 406 g/mol. The van der Waals surface area contributed by atoms with Crippen LogP contribution in [0.5, 0.6) is 0 Å². The molecule has 0 spiro atoms. The van der Waals surface area contributed by atoms with E-state index >= 15 is 0 Å². The molecule has 1 N–H and O–H groups in total. The van der Waals surface area contributed by atoms with Crippen molar-refractivity contribution >= 4 is 17.7 Å². The molecule has 5 rings (SSSR count). The van der Waals surface area contributed by atoms with Gasteiger partial charge in [-0.05, 0) is 68.9 Å². The molecule has 0 radical (unpaired) electrons. The van der Waals surface area contributed by atoms with E-state index in [4.69, 9.17) is 4.98 Å². The van der Waals surface area contributed by atoms with Gasteiger partial charge in [-0.15, -0.1) is 10.2 Å². The number of hydrogen-bond acceptors (Lipinski definition) is 5. The lowest BCUT2D eigenvalue weighted by atomic mass is 9.61. The van der Waals surface area contributed by atoms with Crippen molar-refractivity contribution in [2.75, 3.05) is 4.90 Å². The molecule has 0 saturated heterocycles. The average molecular weight is 431 g/mol. The topological polar surface area (TPSA) is 101 Å². The number of pyridine rings is 1. The van der Waals surface area contributed by atoms with Crippen LogP contribution in [0.1, 0.15) is 67.1 Å². The number of fused-ring (bicyclic) bond motifs is 1. The lowest BCUT2D eigenvalue weighted by Crippen LogP contribution is -2.40. The van der Waals surface area contributed by atoms with Crippen LogP contribution in [-0.2, 0) is 11.3 Å². The van der Waals surface area contributed by atoms with Crippen molar-refractivity contribution in [3.8, 4) is 11.5 Å². The van der Waals surface area contributed by atoms with E-state index in [2.05, 4.69) is 24.0 Å². The number of benzene rings is 1. The van der Waals surface area contributed by atoms with Gasteiger partial charge in [-0.2, -0.15) is 0 Å². The number of carbonyl (C=O) groups excluding carboxylic acids is 1. The van der Waals surface area contributed by atoms with E-state index in [0.29, 0.717) is 42.3 Å². The van der Waals surface area contributed by atoms with Gasteiger partial charge < -0.3 is 9.67 Å². The second-order valence-electron chi connectivity index (χ2n) is 9.32. The number of carbonyl (C=O) groups is 2. The Balaban J connectivity index is 1.40. The number of carboxylic acids is 1. The van der Waals surface area contributed by atoms with E-state index < -0.39 is 11.4 Å². The molecule has 0 bridgehead atoms. The summed E-state index contributed by atoms with van der Waals surface area (Å²) in [6.45, 7) is 6.34. The zero-order valence-corrected chi connectivity index (χ0v) is 18.3. The molecule has 0 atom stereocenters. The van der Waals surface area contributed by atoms with Crippen LogP contribution in [0.25, 0.3) is 11.5 Å². The summed E-state index contributed by atoms with van der Waals surface area (Å²) in [7, 11) is 0. The van der Waals surface area contributed by atoms with Crippen molar-refractivity contribution < 1.29 is 14.7 Å². The summed E-state index contributed by atoms with van der Waals surface area (Å²) < 4.78 is 1.95. The quantitative estimate of drug-likeness (QED) is 0.654. The minimum atomic E-state index is -0.753. The van der Waals surface area contributed by atoms with Crippen molar-refractivity contribution in [3.05, 3.63) is 59.4 Å². The number of nitrogens with zero attached hydrogens (tertiary/aromatic N) is 5. The highest BCUT2D eigenvalue weighted by atomic mass is 16.4. The first-order valence-corrected chi connectivity index (χ1v) is 10.8. The molecule has 3 aromatic rings. The number of rotatable bonds is 5. The summed E-state index contributed by atoms with van der Waals surface area (Å²) in [5, 5.41) is 17.6. The highest BCUT2D eigenvalue weighted by Gasteiger charge is 2.47. The second-order valence-corrected chi connectivity index (χ2v) is 9.32. The summed E-state index contributed by atoms with van der Waals surface area (Å²) in [5.74, 6) is 0.575. The molecule has 8 nitrogen and oxygen atoms in total. The van der Waals surface area contributed by atoms with Gasteiger partial charge in [-0.1, -0.05) is 18.2 Å². The van der Waals surface area contributed by atoms with E-state index in [1.165, 1.54) is 0 Å². The number of hydrogen-bond donors (Lipinski definition) is 1. The van der Waals surface area contributed by atoms with Crippen LogP contribution in [-0.4, -0.2) is 36.7 Å². The van der Waals surface area contributed by atoms with Gasteiger partial charge in [0.05, 0.1) is 12.0 Å². The fraction of sp³-hybridized carbons (Fsp3) is 0.375. The van der Waals surface area contributed by atoms with Gasteiger partial charge in [0.25, 0.3) is 5.91 Å². The molecule has 164 valence electrons. The number of amides is 1. The van der Waals surface area contributed by atoms with Crippen LogP contribution in [0, 0.1) is 5.41 Å². The van der Waals surface area contributed by atoms with Gasteiger partial charge in [-0.25, -0.2) is 4.98 Å². The fourth-order valence-corrected chi connectivity index (χ4v) is 4.70. The van der Waals surface area contributed by atoms with Crippen molar-refractivity contribution in [3.63, 3.8) is 0 Å². The van der Waals surface area contributed by atoms with E-state index in [-0.39, 0.29) is 17.9 Å². The first kappa shape index (κ1) is 20.4. The summed E-state index contributed by atoms with van der Waals surface area (Å²) in [5.41, 5.74) is 2.66. The lowest BCUT2D eigenvalue weighted by molar-refractivity contribution is -0.154. The van der Waals surface area contributed by atoms with Crippen molar-refractivity contribution in [2.24, 2.45) is 5.41 Å². The van der Waals surface area contributed by atoms with Crippen LogP contribution in [0.15, 0.2) is 42.7 Å². The smallest absolute Gasteiger partial charge is 0.309 e. The average Bonchev–Trinajstić information content (AvgIpc) is 3.36. The van der Waals surface area contributed by atoms with E-state index in [9.17, 15) is 14.7 Å². The molecule has 3 heterocycles. The Morgan fingerprint density at radius 3 is 2.72 bits per heavy atom. The number of aromatic nitrogens is 4. The molecule has 1 saturated carbocycles. The molecule has 1 amide bonds. The summed E-state index contributed by atoms with van der Waals surface area (Å²) in [6.07, 6.45) is 2.88. The van der Waals surface area contributed by atoms with Gasteiger partial charge in [-0.3, -0.25) is 14.5 Å². The minimum absolute atomic E-state index is 0.0860.